The molecule has 1 aliphatic carbocycles. The highest BCUT2D eigenvalue weighted by Crippen LogP contribution is 2.36. The maximum Gasteiger partial charge on any atom is 0.240 e. The Kier molecular flexibility index (Phi) is 3.60. The average molecular weight is 250 g/mol. The largest absolute Gasteiger partial charge is 0.338 e. The van der Waals surface area contributed by atoms with Crippen LogP contribution in [0.25, 0.3) is 0 Å². The summed E-state index contributed by atoms with van der Waals surface area (Å²) in [4.78, 5) is 15.0. The monoisotopic (exact) mass is 250 g/mol. The molecule has 4 atom stereocenters. The number of carbonyl (C=O) groups excluding carboxylic acids is 1. The standard InChI is InChI=1S/C15H26N2O/c1-11-8-9-16-14(11)15(18)17-10-4-6-12-5-2-3-7-13(12)17/h11-14,16H,2-10H2,1H3/t11?,12-,13-,14?/m1/s1. The van der Waals surface area contributed by atoms with Gasteiger partial charge in [-0.15, -0.1) is 0 Å². The van der Waals surface area contributed by atoms with Gasteiger partial charge in [-0.2, -0.15) is 0 Å². The van der Waals surface area contributed by atoms with E-state index in [0.29, 0.717) is 17.9 Å². The zero-order valence-electron chi connectivity index (χ0n) is 11.5. The van der Waals surface area contributed by atoms with Crippen LogP contribution in [0.15, 0.2) is 0 Å². The minimum Gasteiger partial charge on any atom is -0.338 e. The summed E-state index contributed by atoms with van der Waals surface area (Å²) in [6.45, 7) is 4.23. The Morgan fingerprint density at radius 2 is 1.89 bits per heavy atom. The molecule has 3 fully saturated rings. The first-order valence-electron chi connectivity index (χ1n) is 7.81. The molecule has 0 radical (unpaired) electrons. The number of fused-ring (bicyclic) bond motifs is 1. The Labute approximate surface area is 110 Å². The summed E-state index contributed by atoms with van der Waals surface area (Å²) in [6, 6.07) is 0.667. The van der Waals surface area contributed by atoms with Gasteiger partial charge >= 0.3 is 0 Å². The summed E-state index contributed by atoms with van der Waals surface area (Å²) in [5.74, 6) is 1.71. The summed E-state index contributed by atoms with van der Waals surface area (Å²) < 4.78 is 0. The Morgan fingerprint density at radius 1 is 1.11 bits per heavy atom. The molecular formula is C15H26N2O. The second-order valence-corrected chi connectivity index (χ2v) is 6.48. The molecule has 3 aliphatic rings. The highest BCUT2D eigenvalue weighted by Gasteiger charge is 2.40. The predicted octanol–water partition coefficient (Wildman–Crippen LogP) is 2.17. The van der Waals surface area contributed by atoms with Crippen LogP contribution < -0.4 is 5.32 Å². The van der Waals surface area contributed by atoms with Crippen LogP contribution in [0.3, 0.4) is 0 Å². The number of hydrogen-bond acceptors (Lipinski definition) is 2. The average Bonchev–Trinajstić information content (AvgIpc) is 2.83. The quantitative estimate of drug-likeness (QED) is 0.773. The van der Waals surface area contributed by atoms with Crippen LogP contribution in [0.2, 0.25) is 0 Å². The number of amides is 1. The topological polar surface area (TPSA) is 32.3 Å². The van der Waals surface area contributed by atoms with Crippen LogP contribution in [0.1, 0.15) is 51.9 Å². The van der Waals surface area contributed by atoms with Gasteiger partial charge in [0.15, 0.2) is 0 Å². The molecule has 3 rings (SSSR count). The minimum atomic E-state index is 0.102. The molecule has 0 aromatic heterocycles. The summed E-state index contributed by atoms with van der Waals surface area (Å²) in [5, 5.41) is 3.41. The second kappa shape index (κ2) is 5.20. The minimum absolute atomic E-state index is 0.102. The van der Waals surface area contributed by atoms with Crippen LogP contribution in [0.4, 0.5) is 0 Å². The lowest BCUT2D eigenvalue weighted by molar-refractivity contribution is -0.140. The number of nitrogens with one attached hydrogen (secondary N) is 1. The van der Waals surface area contributed by atoms with E-state index in [1.807, 2.05) is 0 Å². The fourth-order valence-corrected chi connectivity index (χ4v) is 4.24. The van der Waals surface area contributed by atoms with E-state index >= 15 is 0 Å². The SMILES string of the molecule is CC1CCNC1C(=O)N1CCC[C@H]2CCCC[C@H]21. The van der Waals surface area contributed by atoms with Crippen molar-refractivity contribution < 1.29 is 4.79 Å². The van der Waals surface area contributed by atoms with Gasteiger partial charge in [0, 0.05) is 12.6 Å². The van der Waals surface area contributed by atoms with Crippen LogP contribution in [0.5, 0.6) is 0 Å². The first-order chi connectivity index (χ1) is 8.77. The lowest BCUT2D eigenvalue weighted by atomic mass is 9.78. The highest BCUT2D eigenvalue weighted by atomic mass is 16.2. The van der Waals surface area contributed by atoms with Crippen molar-refractivity contribution in [1.82, 2.24) is 10.2 Å². The third kappa shape index (κ3) is 2.18. The second-order valence-electron chi connectivity index (χ2n) is 6.48. The van der Waals surface area contributed by atoms with Gasteiger partial charge < -0.3 is 10.2 Å². The zero-order valence-corrected chi connectivity index (χ0v) is 11.5. The number of hydrogen-bond donors (Lipinski definition) is 1. The molecular weight excluding hydrogens is 224 g/mol. The van der Waals surface area contributed by atoms with Gasteiger partial charge in [0.25, 0.3) is 0 Å². The van der Waals surface area contributed by atoms with Gasteiger partial charge in [0.1, 0.15) is 0 Å². The van der Waals surface area contributed by atoms with Crippen LogP contribution >= 0.6 is 0 Å². The summed E-state index contributed by atoms with van der Waals surface area (Å²) in [6.07, 6.45) is 9.01. The summed E-state index contributed by atoms with van der Waals surface area (Å²) >= 11 is 0. The molecule has 2 aliphatic heterocycles. The molecule has 2 saturated heterocycles. The van der Waals surface area contributed by atoms with Crippen molar-refractivity contribution >= 4 is 5.91 Å². The highest BCUT2D eigenvalue weighted by molar-refractivity contribution is 5.83. The van der Waals surface area contributed by atoms with E-state index in [-0.39, 0.29) is 6.04 Å². The molecule has 0 aromatic carbocycles. The van der Waals surface area contributed by atoms with E-state index in [1.54, 1.807) is 0 Å². The van der Waals surface area contributed by atoms with E-state index in [2.05, 4.69) is 17.1 Å². The molecule has 2 heterocycles. The van der Waals surface area contributed by atoms with Crippen molar-refractivity contribution in [3.63, 3.8) is 0 Å². The third-order valence-corrected chi connectivity index (χ3v) is 5.33. The normalized spacial score (nSPS) is 40.6. The Bertz CT molecular complexity index is 316. The maximum absolute atomic E-state index is 12.7. The van der Waals surface area contributed by atoms with Crippen molar-refractivity contribution in [3.05, 3.63) is 0 Å². The van der Waals surface area contributed by atoms with Crippen molar-refractivity contribution in [2.24, 2.45) is 11.8 Å². The Balaban J connectivity index is 1.71. The van der Waals surface area contributed by atoms with E-state index < -0.39 is 0 Å². The number of carbonyl (C=O) groups is 1. The van der Waals surface area contributed by atoms with Gasteiger partial charge in [-0.3, -0.25) is 4.79 Å². The number of nitrogens with zero attached hydrogens (tertiary/aromatic N) is 1. The van der Waals surface area contributed by atoms with Crippen LogP contribution in [0, 0.1) is 11.8 Å². The molecule has 3 nitrogen and oxygen atoms in total. The predicted molar refractivity (Wildman–Crippen MR) is 72.3 cm³/mol. The van der Waals surface area contributed by atoms with Crippen molar-refractivity contribution in [1.29, 1.82) is 0 Å². The fraction of sp³-hybridized carbons (Fsp3) is 0.933. The molecule has 18 heavy (non-hydrogen) atoms. The number of piperidine rings is 1. The molecule has 0 aromatic rings. The van der Waals surface area contributed by atoms with Gasteiger partial charge in [-0.25, -0.2) is 0 Å². The molecule has 1 saturated carbocycles. The molecule has 0 spiro atoms. The van der Waals surface area contributed by atoms with E-state index in [0.717, 1.165) is 25.4 Å². The Morgan fingerprint density at radius 3 is 2.67 bits per heavy atom. The molecule has 1 N–H and O–H groups in total. The molecule has 2 unspecified atom stereocenters. The molecule has 102 valence electrons. The number of likely N-dealkylation sites (tertiary alicyclic amines) is 1. The first kappa shape index (κ1) is 12.5. The van der Waals surface area contributed by atoms with Crippen LogP contribution in [-0.4, -0.2) is 36.0 Å². The molecule has 0 bridgehead atoms. The third-order valence-electron chi connectivity index (χ3n) is 5.33. The maximum atomic E-state index is 12.7. The van der Waals surface area contributed by atoms with Crippen molar-refractivity contribution in [2.45, 2.75) is 64.0 Å². The smallest absolute Gasteiger partial charge is 0.240 e. The molecule has 3 heteroatoms. The van der Waals surface area contributed by atoms with E-state index in [9.17, 15) is 4.79 Å². The molecule has 1 amide bonds. The first-order valence-corrected chi connectivity index (χ1v) is 7.81. The van der Waals surface area contributed by atoms with E-state index in [1.165, 1.54) is 38.5 Å². The van der Waals surface area contributed by atoms with Crippen molar-refractivity contribution in [2.75, 3.05) is 13.1 Å². The van der Waals surface area contributed by atoms with Gasteiger partial charge in [-0.1, -0.05) is 19.8 Å². The summed E-state index contributed by atoms with van der Waals surface area (Å²) in [5.41, 5.74) is 0. The van der Waals surface area contributed by atoms with Gasteiger partial charge in [-0.05, 0) is 50.5 Å². The summed E-state index contributed by atoms with van der Waals surface area (Å²) in [7, 11) is 0. The van der Waals surface area contributed by atoms with Gasteiger partial charge in [0.2, 0.25) is 5.91 Å². The van der Waals surface area contributed by atoms with Crippen LogP contribution in [-0.2, 0) is 4.79 Å². The lowest BCUT2D eigenvalue weighted by Gasteiger charge is -2.45. The van der Waals surface area contributed by atoms with E-state index in [4.69, 9.17) is 0 Å². The fourth-order valence-electron chi connectivity index (χ4n) is 4.24. The van der Waals surface area contributed by atoms with Crippen molar-refractivity contribution in [3.8, 4) is 0 Å². The Hall–Kier alpha value is -0.570. The van der Waals surface area contributed by atoms with Gasteiger partial charge in [0.05, 0.1) is 6.04 Å². The number of rotatable bonds is 1. The zero-order chi connectivity index (χ0) is 12.5. The lowest BCUT2D eigenvalue weighted by Crippen LogP contribution is -2.55.